The van der Waals surface area contributed by atoms with E-state index < -0.39 is 0 Å². The number of benzene rings is 1. The number of ether oxygens (including phenoxy) is 1. The van der Waals surface area contributed by atoms with Crippen LogP contribution in [0.4, 0.5) is 0 Å². The molecule has 1 aromatic carbocycles. The van der Waals surface area contributed by atoms with Crippen LogP contribution in [0.2, 0.25) is 0 Å². The van der Waals surface area contributed by atoms with Crippen molar-refractivity contribution in [1.82, 2.24) is 10.3 Å². The number of pyridine rings is 1. The first kappa shape index (κ1) is 15.0. The monoisotopic (exact) mass is 334 g/mol. The third-order valence-corrected chi connectivity index (χ3v) is 4.23. The highest BCUT2D eigenvalue weighted by Crippen LogP contribution is 2.35. The van der Waals surface area contributed by atoms with Crippen LogP contribution in [0.1, 0.15) is 30.1 Å². The molecule has 0 saturated heterocycles. The zero-order valence-corrected chi connectivity index (χ0v) is 13.5. The summed E-state index contributed by atoms with van der Waals surface area (Å²) in [6.45, 7) is 2.18. The maximum atomic E-state index is 5.33. The quantitative estimate of drug-likeness (QED) is 0.899. The van der Waals surface area contributed by atoms with E-state index in [-0.39, 0.29) is 12.0 Å². The lowest BCUT2D eigenvalue weighted by Crippen LogP contribution is -2.23. The Balaban J connectivity index is 2.37. The summed E-state index contributed by atoms with van der Waals surface area (Å²) in [5, 5.41) is 3.38. The molecule has 4 heteroatoms. The van der Waals surface area contributed by atoms with E-state index in [1.54, 1.807) is 7.11 Å². The molecule has 0 amide bonds. The Morgan fingerprint density at radius 3 is 2.65 bits per heavy atom. The number of halogens is 1. The van der Waals surface area contributed by atoms with Crippen molar-refractivity contribution in [2.45, 2.75) is 18.9 Å². The Labute approximate surface area is 128 Å². The van der Waals surface area contributed by atoms with E-state index in [9.17, 15) is 0 Å². The number of rotatable bonds is 5. The maximum Gasteiger partial charge on any atom is 0.119 e. The molecular weight excluding hydrogens is 316 g/mol. The third-order valence-electron chi connectivity index (χ3n) is 3.50. The SMILES string of the molecule is CNC(c1cc(OC)ccc1Br)C(C)c1ccccn1. The van der Waals surface area contributed by atoms with Crippen molar-refractivity contribution >= 4 is 15.9 Å². The molecule has 2 atom stereocenters. The van der Waals surface area contributed by atoms with Gasteiger partial charge in [-0.05, 0) is 42.9 Å². The van der Waals surface area contributed by atoms with Crippen molar-refractivity contribution < 1.29 is 4.74 Å². The van der Waals surface area contributed by atoms with Crippen molar-refractivity contribution in [2.75, 3.05) is 14.2 Å². The van der Waals surface area contributed by atoms with Crippen LogP contribution in [0.15, 0.2) is 47.1 Å². The lowest BCUT2D eigenvalue weighted by molar-refractivity contribution is 0.411. The summed E-state index contributed by atoms with van der Waals surface area (Å²) in [5.74, 6) is 1.11. The number of hydrogen-bond donors (Lipinski definition) is 1. The molecule has 0 saturated carbocycles. The molecule has 0 aliphatic heterocycles. The zero-order chi connectivity index (χ0) is 14.5. The fraction of sp³-hybridized carbons (Fsp3) is 0.312. The second kappa shape index (κ2) is 6.86. The summed E-state index contributed by atoms with van der Waals surface area (Å²) in [7, 11) is 3.65. The van der Waals surface area contributed by atoms with Gasteiger partial charge in [-0.15, -0.1) is 0 Å². The Morgan fingerprint density at radius 1 is 1.25 bits per heavy atom. The normalized spacial score (nSPS) is 13.8. The van der Waals surface area contributed by atoms with Crippen LogP contribution < -0.4 is 10.1 Å². The second-order valence-electron chi connectivity index (χ2n) is 4.70. The summed E-state index contributed by atoms with van der Waals surface area (Å²) in [6, 6.07) is 12.2. The molecule has 1 aromatic heterocycles. The minimum atomic E-state index is 0.161. The third kappa shape index (κ3) is 3.19. The summed E-state index contributed by atoms with van der Waals surface area (Å²) >= 11 is 3.63. The number of hydrogen-bond acceptors (Lipinski definition) is 3. The molecular formula is C16H19BrN2O. The molecule has 2 rings (SSSR count). The van der Waals surface area contributed by atoms with Gasteiger partial charge in [0, 0.05) is 28.3 Å². The minimum absolute atomic E-state index is 0.161. The molecule has 0 aliphatic rings. The highest BCUT2D eigenvalue weighted by molar-refractivity contribution is 9.10. The van der Waals surface area contributed by atoms with Crippen LogP contribution in [0.5, 0.6) is 5.75 Å². The summed E-state index contributed by atoms with van der Waals surface area (Å²) < 4.78 is 6.40. The van der Waals surface area contributed by atoms with Crippen LogP contribution in [0.25, 0.3) is 0 Å². The summed E-state index contributed by atoms with van der Waals surface area (Å²) in [5.41, 5.74) is 2.24. The van der Waals surface area contributed by atoms with E-state index >= 15 is 0 Å². The smallest absolute Gasteiger partial charge is 0.119 e. The zero-order valence-electron chi connectivity index (χ0n) is 11.9. The molecule has 106 valence electrons. The first-order valence-corrected chi connectivity index (χ1v) is 7.38. The van der Waals surface area contributed by atoms with Gasteiger partial charge in [0.25, 0.3) is 0 Å². The Hall–Kier alpha value is -1.39. The Bertz CT molecular complexity index is 560. The van der Waals surface area contributed by atoms with E-state index in [4.69, 9.17) is 4.74 Å². The Kier molecular flexibility index (Phi) is 5.15. The second-order valence-corrected chi connectivity index (χ2v) is 5.55. The highest BCUT2D eigenvalue weighted by Gasteiger charge is 2.22. The number of likely N-dealkylation sites (N-methyl/N-ethyl adjacent to an activating group) is 1. The first-order chi connectivity index (χ1) is 9.67. The first-order valence-electron chi connectivity index (χ1n) is 6.59. The van der Waals surface area contributed by atoms with Gasteiger partial charge in [0.05, 0.1) is 7.11 Å². The standard InChI is InChI=1S/C16H19BrN2O/c1-11(15-6-4-5-9-19-15)16(18-2)13-10-12(20-3)7-8-14(13)17/h4-11,16,18H,1-3H3. The molecule has 2 aromatic rings. The van der Waals surface area contributed by atoms with Gasteiger partial charge in [-0.25, -0.2) is 0 Å². The number of nitrogens with one attached hydrogen (secondary N) is 1. The molecule has 0 aliphatic carbocycles. The molecule has 0 spiro atoms. The Morgan fingerprint density at radius 2 is 2.05 bits per heavy atom. The molecule has 20 heavy (non-hydrogen) atoms. The lowest BCUT2D eigenvalue weighted by Gasteiger charge is -2.25. The molecule has 3 nitrogen and oxygen atoms in total. The van der Waals surface area contributed by atoms with Gasteiger partial charge in [0.2, 0.25) is 0 Å². The molecule has 1 N–H and O–H groups in total. The van der Waals surface area contributed by atoms with Gasteiger partial charge in [-0.3, -0.25) is 4.98 Å². The van der Waals surface area contributed by atoms with Crippen molar-refractivity contribution in [3.05, 3.63) is 58.3 Å². The molecule has 2 unspecified atom stereocenters. The van der Waals surface area contributed by atoms with Gasteiger partial charge in [0.1, 0.15) is 5.75 Å². The van der Waals surface area contributed by atoms with Crippen LogP contribution in [0, 0.1) is 0 Å². The summed E-state index contributed by atoms with van der Waals surface area (Å²) in [6.07, 6.45) is 1.83. The average Bonchev–Trinajstić information content (AvgIpc) is 2.50. The average molecular weight is 335 g/mol. The van der Waals surface area contributed by atoms with Crippen molar-refractivity contribution in [3.8, 4) is 5.75 Å². The van der Waals surface area contributed by atoms with Crippen molar-refractivity contribution in [1.29, 1.82) is 0 Å². The van der Waals surface area contributed by atoms with E-state index in [0.29, 0.717) is 0 Å². The van der Waals surface area contributed by atoms with E-state index in [0.717, 1.165) is 15.9 Å². The predicted octanol–water partition coefficient (Wildman–Crippen LogP) is 3.92. The number of nitrogens with zero attached hydrogens (tertiary/aromatic N) is 1. The van der Waals surface area contributed by atoms with Crippen molar-refractivity contribution in [2.24, 2.45) is 0 Å². The fourth-order valence-corrected chi connectivity index (χ4v) is 2.87. The largest absolute Gasteiger partial charge is 0.497 e. The van der Waals surface area contributed by atoms with E-state index in [2.05, 4.69) is 45.3 Å². The fourth-order valence-electron chi connectivity index (χ4n) is 2.38. The topological polar surface area (TPSA) is 34.1 Å². The van der Waals surface area contributed by atoms with Gasteiger partial charge < -0.3 is 10.1 Å². The van der Waals surface area contributed by atoms with E-state index in [1.165, 1.54) is 5.56 Å². The lowest BCUT2D eigenvalue weighted by atomic mass is 9.91. The minimum Gasteiger partial charge on any atom is -0.497 e. The van der Waals surface area contributed by atoms with Gasteiger partial charge in [-0.1, -0.05) is 28.9 Å². The van der Waals surface area contributed by atoms with Gasteiger partial charge >= 0.3 is 0 Å². The summed E-state index contributed by atoms with van der Waals surface area (Å²) in [4.78, 5) is 4.46. The van der Waals surface area contributed by atoms with Gasteiger partial charge in [-0.2, -0.15) is 0 Å². The number of methoxy groups -OCH3 is 1. The van der Waals surface area contributed by atoms with Crippen LogP contribution in [-0.2, 0) is 0 Å². The van der Waals surface area contributed by atoms with Crippen LogP contribution in [-0.4, -0.2) is 19.1 Å². The maximum absolute atomic E-state index is 5.33. The highest BCUT2D eigenvalue weighted by atomic mass is 79.9. The molecule has 0 bridgehead atoms. The van der Waals surface area contributed by atoms with Crippen molar-refractivity contribution in [3.63, 3.8) is 0 Å². The van der Waals surface area contributed by atoms with E-state index in [1.807, 2.05) is 37.5 Å². The molecule has 0 radical (unpaired) electrons. The van der Waals surface area contributed by atoms with Crippen LogP contribution in [0.3, 0.4) is 0 Å². The predicted molar refractivity (Wildman–Crippen MR) is 85.1 cm³/mol. The van der Waals surface area contributed by atoms with Gasteiger partial charge in [0.15, 0.2) is 0 Å². The molecule has 1 heterocycles. The molecule has 0 fully saturated rings. The number of aromatic nitrogens is 1. The van der Waals surface area contributed by atoms with Crippen LogP contribution >= 0.6 is 15.9 Å².